The lowest BCUT2D eigenvalue weighted by molar-refractivity contribution is 0.0954. The maximum absolute atomic E-state index is 11.8. The number of anilines is 1. The lowest BCUT2D eigenvalue weighted by Gasteiger charge is -2.16. The number of nitrogens with one attached hydrogen (secondary N) is 3. The highest BCUT2D eigenvalue weighted by molar-refractivity contribution is 5.94. The number of carbonyl (C=O) groups is 2. The van der Waals surface area contributed by atoms with E-state index in [1.807, 2.05) is 26.8 Å². The highest BCUT2D eigenvalue weighted by atomic mass is 16.2. The zero-order chi connectivity index (χ0) is 18.3. The molecule has 1 aromatic carbocycles. The summed E-state index contributed by atoms with van der Waals surface area (Å²) in [6, 6.07) is 8.54. The van der Waals surface area contributed by atoms with Crippen LogP contribution >= 0.6 is 0 Å². The van der Waals surface area contributed by atoms with Crippen LogP contribution in [0.1, 0.15) is 37.0 Å². The predicted molar refractivity (Wildman–Crippen MR) is 96.5 cm³/mol. The molecule has 25 heavy (non-hydrogen) atoms. The first kappa shape index (κ1) is 18.4. The third kappa shape index (κ3) is 5.87. The van der Waals surface area contributed by atoms with Gasteiger partial charge in [-0.3, -0.25) is 4.79 Å². The van der Waals surface area contributed by atoms with Crippen LogP contribution in [0.5, 0.6) is 0 Å². The highest BCUT2D eigenvalue weighted by Gasteiger charge is 2.16. The molecule has 1 heterocycles. The van der Waals surface area contributed by atoms with Crippen LogP contribution in [0, 0.1) is 0 Å². The second-order valence-electron chi connectivity index (χ2n) is 6.55. The second kappa shape index (κ2) is 8.23. The van der Waals surface area contributed by atoms with Gasteiger partial charge < -0.3 is 16.0 Å². The summed E-state index contributed by atoms with van der Waals surface area (Å²) >= 11 is 0. The van der Waals surface area contributed by atoms with Crippen LogP contribution in [-0.2, 0) is 5.41 Å². The Labute approximate surface area is 147 Å². The van der Waals surface area contributed by atoms with Gasteiger partial charge in [-0.25, -0.2) is 14.8 Å². The average molecular weight is 341 g/mol. The summed E-state index contributed by atoms with van der Waals surface area (Å²) in [5.41, 5.74) is 0.958. The summed E-state index contributed by atoms with van der Waals surface area (Å²) in [7, 11) is 0. The number of carbonyl (C=O) groups excluding carboxylic acids is 2. The van der Waals surface area contributed by atoms with Crippen molar-refractivity contribution in [1.82, 2.24) is 20.6 Å². The molecule has 0 aliphatic carbocycles. The molecule has 7 heteroatoms. The summed E-state index contributed by atoms with van der Waals surface area (Å²) in [6.45, 7) is 6.70. The smallest absolute Gasteiger partial charge is 0.319 e. The quantitative estimate of drug-likeness (QED) is 0.727. The van der Waals surface area contributed by atoms with Crippen molar-refractivity contribution in [1.29, 1.82) is 0 Å². The van der Waals surface area contributed by atoms with Crippen molar-refractivity contribution in [2.75, 3.05) is 18.4 Å². The van der Waals surface area contributed by atoms with E-state index in [4.69, 9.17) is 0 Å². The van der Waals surface area contributed by atoms with E-state index in [1.54, 1.807) is 36.7 Å². The minimum atomic E-state index is -0.374. The van der Waals surface area contributed by atoms with Crippen molar-refractivity contribution in [2.45, 2.75) is 26.2 Å². The van der Waals surface area contributed by atoms with Gasteiger partial charge in [-0.05, 0) is 12.1 Å². The zero-order valence-electron chi connectivity index (χ0n) is 14.7. The van der Waals surface area contributed by atoms with Crippen molar-refractivity contribution in [3.63, 3.8) is 0 Å². The maximum atomic E-state index is 11.8. The van der Waals surface area contributed by atoms with E-state index in [0.717, 1.165) is 0 Å². The Hall–Kier alpha value is -2.96. The monoisotopic (exact) mass is 341 g/mol. The summed E-state index contributed by atoms with van der Waals surface area (Å²) in [6.07, 6.45) is 3.15. The molecule has 0 spiro atoms. The summed E-state index contributed by atoms with van der Waals surface area (Å²) in [5.74, 6) is 0.538. The number of benzene rings is 1. The minimum Gasteiger partial charge on any atom is -0.350 e. The van der Waals surface area contributed by atoms with Gasteiger partial charge in [0, 0.05) is 24.1 Å². The first-order valence-corrected chi connectivity index (χ1v) is 8.07. The van der Waals surface area contributed by atoms with Crippen molar-refractivity contribution in [3.8, 4) is 0 Å². The first-order chi connectivity index (χ1) is 11.9. The van der Waals surface area contributed by atoms with Crippen molar-refractivity contribution < 1.29 is 9.59 Å². The molecule has 3 N–H and O–H groups in total. The third-order valence-electron chi connectivity index (χ3n) is 3.31. The number of amides is 3. The van der Waals surface area contributed by atoms with E-state index in [-0.39, 0.29) is 17.4 Å². The van der Waals surface area contributed by atoms with Crippen molar-refractivity contribution in [2.24, 2.45) is 0 Å². The van der Waals surface area contributed by atoms with Crippen LogP contribution in [0.3, 0.4) is 0 Å². The van der Waals surface area contributed by atoms with Crippen LogP contribution in [0.2, 0.25) is 0 Å². The van der Waals surface area contributed by atoms with Gasteiger partial charge in [0.1, 0.15) is 5.82 Å². The van der Waals surface area contributed by atoms with Crippen LogP contribution in [0.15, 0.2) is 42.7 Å². The van der Waals surface area contributed by atoms with Gasteiger partial charge in [0.25, 0.3) is 5.91 Å². The number of hydrogen-bond acceptors (Lipinski definition) is 4. The molecular weight excluding hydrogens is 318 g/mol. The summed E-state index contributed by atoms with van der Waals surface area (Å²) in [4.78, 5) is 32.1. The maximum Gasteiger partial charge on any atom is 0.319 e. The Morgan fingerprint density at radius 1 is 0.960 bits per heavy atom. The molecule has 0 unspecified atom stereocenters. The molecule has 3 amide bonds. The van der Waals surface area contributed by atoms with Crippen molar-refractivity contribution >= 4 is 17.6 Å². The molecule has 2 aromatic rings. The minimum absolute atomic E-state index is 0.141. The van der Waals surface area contributed by atoms with E-state index in [0.29, 0.717) is 30.2 Å². The molecule has 0 saturated heterocycles. The Morgan fingerprint density at radius 2 is 1.56 bits per heavy atom. The molecule has 0 bridgehead atoms. The Kier molecular flexibility index (Phi) is 6.05. The third-order valence-corrected chi connectivity index (χ3v) is 3.31. The van der Waals surface area contributed by atoms with Gasteiger partial charge in [-0.2, -0.15) is 0 Å². The van der Waals surface area contributed by atoms with Gasteiger partial charge in [-0.1, -0.05) is 39.0 Å². The molecule has 1 aromatic heterocycles. The number of aromatic nitrogens is 2. The lowest BCUT2D eigenvalue weighted by Crippen LogP contribution is -2.36. The van der Waals surface area contributed by atoms with Gasteiger partial charge in [0.15, 0.2) is 0 Å². The topological polar surface area (TPSA) is 96.0 Å². The summed E-state index contributed by atoms with van der Waals surface area (Å²) < 4.78 is 0. The normalized spacial score (nSPS) is 10.8. The SMILES string of the molecule is CC(C)(C)c1ncc(NC(=O)NCCNC(=O)c2ccccc2)cn1. The Bertz CT molecular complexity index is 708. The zero-order valence-corrected chi connectivity index (χ0v) is 14.7. The molecule has 7 nitrogen and oxygen atoms in total. The highest BCUT2D eigenvalue weighted by Crippen LogP contribution is 2.17. The van der Waals surface area contributed by atoms with Crippen molar-refractivity contribution in [3.05, 3.63) is 54.1 Å². The molecule has 0 radical (unpaired) electrons. The standard InChI is InChI=1S/C18H23N5O2/c1-18(2,3)16-21-11-14(12-22-16)23-17(25)20-10-9-19-15(24)13-7-5-4-6-8-13/h4-8,11-12H,9-10H2,1-3H3,(H,19,24)(H2,20,23,25). The molecule has 0 atom stereocenters. The van der Waals surface area contributed by atoms with Crippen LogP contribution in [0.4, 0.5) is 10.5 Å². The lowest BCUT2D eigenvalue weighted by atomic mass is 9.96. The number of hydrogen-bond donors (Lipinski definition) is 3. The van der Waals surface area contributed by atoms with E-state index >= 15 is 0 Å². The fraction of sp³-hybridized carbons (Fsp3) is 0.333. The second-order valence-corrected chi connectivity index (χ2v) is 6.55. The van der Waals surface area contributed by atoms with Crippen LogP contribution in [0.25, 0.3) is 0 Å². The largest absolute Gasteiger partial charge is 0.350 e. The Balaban J connectivity index is 1.71. The predicted octanol–water partition coefficient (Wildman–Crippen LogP) is 2.33. The van der Waals surface area contributed by atoms with E-state index in [1.165, 1.54) is 0 Å². The van der Waals surface area contributed by atoms with Gasteiger partial charge in [0.2, 0.25) is 0 Å². The fourth-order valence-electron chi connectivity index (χ4n) is 2.00. The molecule has 2 rings (SSSR count). The average Bonchev–Trinajstić information content (AvgIpc) is 2.59. The first-order valence-electron chi connectivity index (χ1n) is 8.07. The number of urea groups is 1. The molecule has 0 aliphatic rings. The van der Waals surface area contributed by atoms with Gasteiger partial charge >= 0.3 is 6.03 Å². The Morgan fingerprint density at radius 3 is 2.16 bits per heavy atom. The van der Waals surface area contributed by atoms with Gasteiger partial charge in [0.05, 0.1) is 18.1 Å². The molecule has 132 valence electrons. The van der Waals surface area contributed by atoms with E-state index < -0.39 is 0 Å². The molecule has 0 fully saturated rings. The molecular formula is C18H23N5O2. The van der Waals surface area contributed by atoms with E-state index in [9.17, 15) is 9.59 Å². The number of rotatable bonds is 5. The van der Waals surface area contributed by atoms with Crippen LogP contribution < -0.4 is 16.0 Å². The van der Waals surface area contributed by atoms with E-state index in [2.05, 4.69) is 25.9 Å². The van der Waals surface area contributed by atoms with Gasteiger partial charge in [-0.15, -0.1) is 0 Å². The fourth-order valence-corrected chi connectivity index (χ4v) is 2.00. The summed E-state index contributed by atoms with van der Waals surface area (Å²) in [5, 5.41) is 8.05. The molecule has 0 saturated carbocycles. The number of nitrogens with zero attached hydrogens (tertiary/aromatic N) is 2. The molecule has 0 aliphatic heterocycles. The van der Waals surface area contributed by atoms with Crippen LogP contribution in [-0.4, -0.2) is 35.0 Å².